The molecule has 2 aromatic carbocycles. The van der Waals surface area contributed by atoms with E-state index in [4.69, 9.17) is 4.98 Å². The van der Waals surface area contributed by atoms with Gasteiger partial charge in [0.2, 0.25) is 5.95 Å². The number of aliphatic hydroxyl groups is 1. The molecule has 0 unspecified atom stereocenters. The lowest BCUT2D eigenvalue weighted by atomic mass is 10.0. The summed E-state index contributed by atoms with van der Waals surface area (Å²) < 4.78 is 2.06. The predicted molar refractivity (Wildman–Crippen MR) is 134 cm³/mol. The normalized spacial score (nSPS) is 15.1. The monoisotopic (exact) mass is 457 g/mol. The van der Waals surface area contributed by atoms with Crippen LogP contribution in [-0.2, 0) is 19.7 Å². The average molecular weight is 458 g/mol. The van der Waals surface area contributed by atoms with Crippen molar-refractivity contribution in [2.75, 3.05) is 18.4 Å². The molecule has 3 N–H and O–H groups in total. The van der Waals surface area contributed by atoms with Crippen molar-refractivity contribution in [2.45, 2.75) is 45.5 Å². The molecule has 1 aliphatic rings. The molecule has 0 atom stereocenters. The maximum atomic E-state index is 10.4. The van der Waals surface area contributed by atoms with Crippen molar-refractivity contribution in [3.63, 3.8) is 0 Å². The van der Waals surface area contributed by atoms with Gasteiger partial charge in [0.1, 0.15) is 11.4 Å². The Labute approximate surface area is 199 Å². The SMILES string of the molecule is Cc1ccc(O)c(Cn2c(NC3CCN(Cc4ccccc4)CC3)nc3ccc(CO)cc32)n1. The van der Waals surface area contributed by atoms with Crippen molar-refractivity contribution < 1.29 is 10.2 Å². The predicted octanol–water partition coefficient (Wildman–Crippen LogP) is 4.06. The maximum absolute atomic E-state index is 10.4. The summed E-state index contributed by atoms with van der Waals surface area (Å²) in [5.41, 5.74) is 5.41. The number of aromatic nitrogens is 3. The maximum Gasteiger partial charge on any atom is 0.204 e. The van der Waals surface area contributed by atoms with Gasteiger partial charge in [0.05, 0.1) is 24.2 Å². The van der Waals surface area contributed by atoms with Crippen LogP contribution in [0.4, 0.5) is 5.95 Å². The zero-order chi connectivity index (χ0) is 23.5. The first-order valence-electron chi connectivity index (χ1n) is 11.9. The Morgan fingerprint density at radius 3 is 2.50 bits per heavy atom. The fourth-order valence-electron chi connectivity index (χ4n) is 4.67. The third kappa shape index (κ3) is 4.90. The summed E-state index contributed by atoms with van der Waals surface area (Å²) in [6, 6.07) is 20.2. The first-order valence-corrected chi connectivity index (χ1v) is 11.9. The molecule has 34 heavy (non-hydrogen) atoms. The second kappa shape index (κ2) is 9.83. The number of hydrogen-bond acceptors (Lipinski definition) is 6. The molecule has 0 aliphatic carbocycles. The smallest absolute Gasteiger partial charge is 0.204 e. The number of aliphatic hydroxyl groups excluding tert-OH is 1. The average Bonchev–Trinajstić information content (AvgIpc) is 3.19. The lowest BCUT2D eigenvalue weighted by Gasteiger charge is -2.32. The largest absolute Gasteiger partial charge is 0.506 e. The van der Waals surface area contributed by atoms with Crippen LogP contribution in [0.25, 0.3) is 11.0 Å². The van der Waals surface area contributed by atoms with Gasteiger partial charge in [-0.25, -0.2) is 4.98 Å². The third-order valence-corrected chi connectivity index (χ3v) is 6.56. The van der Waals surface area contributed by atoms with Crippen molar-refractivity contribution in [2.24, 2.45) is 0 Å². The highest BCUT2D eigenvalue weighted by atomic mass is 16.3. The molecule has 3 heterocycles. The summed E-state index contributed by atoms with van der Waals surface area (Å²) >= 11 is 0. The Hall–Kier alpha value is -3.42. The molecule has 7 heteroatoms. The van der Waals surface area contributed by atoms with E-state index in [1.54, 1.807) is 12.1 Å². The van der Waals surface area contributed by atoms with Gasteiger partial charge in [-0.15, -0.1) is 0 Å². The van der Waals surface area contributed by atoms with E-state index < -0.39 is 0 Å². The molecule has 1 fully saturated rings. The molecule has 0 radical (unpaired) electrons. The van der Waals surface area contributed by atoms with Crippen molar-refractivity contribution in [3.8, 4) is 5.75 Å². The number of benzene rings is 2. The molecule has 0 bridgehead atoms. The summed E-state index contributed by atoms with van der Waals surface area (Å²) in [5, 5.41) is 23.7. The van der Waals surface area contributed by atoms with Crippen LogP contribution in [0.15, 0.2) is 60.7 Å². The Morgan fingerprint density at radius 1 is 0.941 bits per heavy atom. The fraction of sp³-hybridized carbons (Fsp3) is 0.333. The quantitative estimate of drug-likeness (QED) is 0.388. The number of fused-ring (bicyclic) bond motifs is 1. The minimum Gasteiger partial charge on any atom is -0.506 e. The number of pyridine rings is 1. The second-order valence-corrected chi connectivity index (χ2v) is 9.10. The highest BCUT2D eigenvalue weighted by molar-refractivity contribution is 5.79. The summed E-state index contributed by atoms with van der Waals surface area (Å²) in [5.74, 6) is 0.945. The van der Waals surface area contributed by atoms with Crippen LogP contribution in [0.1, 0.15) is 35.4 Å². The van der Waals surface area contributed by atoms with Crippen LogP contribution in [-0.4, -0.2) is 48.8 Å². The van der Waals surface area contributed by atoms with Crippen molar-refractivity contribution in [3.05, 3.63) is 83.2 Å². The number of piperidine rings is 1. The molecule has 0 amide bonds. The molecular formula is C27H31N5O2. The van der Waals surface area contributed by atoms with Crippen LogP contribution >= 0.6 is 0 Å². The van der Waals surface area contributed by atoms with Gasteiger partial charge in [-0.2, -0.15) is 0 Å². The first kappa shape index (κ1) is 22.4. The molecule has 176 valence electrons. The zero-order valence-corrected chi connectivity index (χ0v) is 19.5. The van der Waals surface area contributed by atoms with E-state index in [9.17, 15) is 10.2 Å². The number of anilines is 1. The van der Waals surface area contributed by atoms with E-state index in [1.807, 2.05) is 25.1 Å². The molecule has 1 aliphatic heterocycles. The topological polar surface area (TPSA) is 86.4 Å². The summed E-state index contributed by atoms with van der Waals surface area (Å²) in [4.78, 5) is 11.9. The van der Waals surface area contributed by atoms with E-state index in [-0.39, 0.29) is 12.4 Å². The third-order valence-electron chi connectivity index (χ3n) is 6.56. The van der Waals surface area contributed by atoms with Crippen LogP contribution in [0.2, 0.25) is 0 Å². The number of imidazole rings is 1. The molecule has 4 aromatic rings. The number of rotatable bonds is 7. The number of hydrogen-bond donors (Lipinski definition) is 3. The van der Waals surface area contributed by atoms with Gasteiger partial charge < -0.3 is 20.1 Å². The standard InChI is InChI=1S/C27H31N5O2/c1-19-7-10-26(34)24(28-19)17-32-25-15-21(18-33)8-9-23(25)30-27(32)29-22-11-13-31(14-12-22)16-20-5-3-2-4-6-20/h2-10,15,22,33-34H,11-14,16-18H2,1H3,(H,29,30). The summed E-state index contributed by atoms with van der Waals surface area (Å²) in [6.45, 7) is 5.32. The van der Waals surface area contributed by atoms with Crippen LogP contribution in [0, 0.1) is 6.92 Å². The van der Waals surface area contributed by atoms with E-state index in [1.165, 1.54) is 5.56 Å². The molecule has 7 nitrogen and oxygen atoms in total. The van der Waals surface area contributed by atoms with Gasteiger partial charge in [0.25, 0.3) is 0 Å². The first-order chi connectivity index (χ1) is 16.6. The Balaban J connectivity index is 1.36. The highest BCUT2D eigenvalue weighted by Gasteiger charge is 2.22. The van der Waals surface area contributed by atoms with Gasteiger partial charge >= 0.3 is 0 Å². The number of nitrogens with one attached hydrogen (secondary N) is 1. The van der Waals surface area contributed by atoms with Gasteiger partial charge in [0.15, 0.2) is 0 Å². The molecule has 0 spiro atoms. The molecule has 0 saturated carbocycles. The molecule has 2 aromatic heterocycles. The zero-order valence-electron chi connectivity index (χ0n) is 19.5. The number of aryl methyl sites for hydroxylation is 1. The number of nitrogens with zero attached hydrogens (tertiary/aromatic N) is 4. The summed E-state index contributed by atoms with van der Waals surface area (Å²) in [7, 11) is 0. The molecule has 5 rings (SSSR count). The van der Waals surface area contributed by atoms with E-state index in [2.05, 4.69) is 50.1 Å². The Kier molecular flexibility index (Phi) is 6.47. The van der Waals surface area contributed by atoms with Crippen LogP contribution < -0.4 is 5.32 Å². The minimum atomic E-state index is -0.0301. The molecular weight excluding hydrogens is 426 g/mol. The van der Waals surface area contributed by atoms with E-state index in [0.717, 1.165) is 60.7 Å². The summed E-state index contributed by atoms with van der Waals surface area (Å²) in [6.07, 6.45) is 2.07. The van der Waals surface area contributed by atoms with Crippen LogP contribution in [0.5, 0.6) is 5.75 Å². The van der Waals surface area contributed by atoms with Crippen molar-refractivity contribution in [1.29, 1.82) is 0 Å². The number of aromatic hydroxyl groups is 1. The molecule has 1 saturated heterocycles. The van der Waals surface area contributed by atoms with Gasteiger partial charge in [-0.1, -0.05) is 36.4 Å². The van der Waals surface area contributed by atoms with E-state index in [0.29, 0.717) is 18.3 Å². The van der Waals surface area contributed by atoms with Gasteiger partial charge in [-0.3, -0.25) is 9.88 Å². The van der Waals surface area contributed by atoms with E-state index >= 15 is 0 Å². The minimum absolute atomic E-state index is 0.0301. The van der Waals surface area contributed by atoms with Gasteiger partial charge in [-0.05, 0) is 55.2 Å². The van der Waals surface area contributed by atoms with Gasteiger partial charge in [0, 0.05) is 31.4 Å². The fourth-order valence-corrected chi connectivity index (χ4v) is 4.67. The lowest BCUT2D eigenvalue weighted by Crippen LogP contribution is -2.39. The highest BCUT2D eigenvalue weighted by Crippen LogP contribution is 2.27. The number of likely N-dealkylation sites (tertiary alicyclic amines) is 1. The van der Waals surface area contributed by atoms with Crippen LogP contribution in [0.3, 0.4) is 0 Å². The Morgan fingerprint density at radius 2 is 1.74 bits per heavy atom. The lowest BCUT2D eigenvalue weighted by molar-refractivity contribution is 0.211. The second-order valence-electron chi connectivity index (χ2n) is 9.10. The van der Waals surface area contributed by atoms with Crippen molar-refractivity contribution >= 4 is 17.0 Å². The Bertz CT molecular complexity index is 1260. The van der Waals surface area contributed by atoms with Crippen molar-refractivity contribution in [1.82, 2.24) is 19.4 Å².